The maximum atomic E-state index is 13.3. The third kappa shape index (κ3) is 1.28. The van der Waals surface area contributed by atoms with Gasteiger partial charge in [-0.05, 0) is 36.5 Å². The van der Waals surface area contributed by atoms with E-state index in [0.717, 1.165) is 32.5 Å². The van der Waals surface area contributed by atoms with Gasteiger partial charge in [0, 0.05) is 17.9 Å². The van der Waals surface area contributed by atoms with Crippen LogP contribution in [0.25, 0.3) is 0 Å². The van der Waals surface area contributed by atoms with Gasteiger partial charge in [-0.3, -0.25) is 0 Å². The van der Waals surface area contributed by atoms with Crippen LogP contribution in [0.3, 0.4) is 0 Å². The summed E-state index contributed by atoms with van der Waals surface area (Å²) in [5, 5.41) is 0. The fraction of sp³-hybridized carbons (Fsp3) is 0.950. The first-order chi connectivity index (χ1) is 11.8. The van der Waals surface area contributed by atoms with E-state index < -0.39 is 5.60 Å². The van der Waals surface area contributed by atoms with Crippen molar-refractivity contribution < 1.29 is 23.7 Å². The highest BCUT2D eigenvalue weighted by atomic mass is 16.7. The van der Waals surface area contributed by atoms with Crippen molar-refractivity contribution in [1.82, 2.24) is 0 Å². The lowest BCUT2D eigenvalue weighted by Gasteiger charge is -2.46. The summed E-state index contributed by atoms with van der Waals surface area (Å²) in [7, 11) is 0. The van der Waals surface area contributed by atoms with E-state index in [4.69, 9.17) is 18.9 Å². The molecule has 0 aromatic rings. The summed E-state index contributed by atoms with van der Waals surface area (Å²) in [6.07, 6.45) is 2.63. The SMILES string of the molecule is C[C@@H]1COC2CC34C5C[C@@H](C(C)(C)C)C36CCOC6O[C@@]4(C(=O)O5)[C@H]21. The van der Waals surface area contributed by atoms with E-state index in [-0.39, 0.29) is 46.6 Å². The van der Waals surface area contributed by atoms with E-state index in [1.54, 1.807) is 0 Å². The molecule has 5 unspecified atom stereocenters. The van der Waals surface area contributed by atoms with E-state index in [9.17, 15) is 4.79 Å². The zero-order valence-corrected chi connectivity index (χ0v) is 15.5. The molecule has 5 heteroatoms. The van der Waals surface area contributed by atoms with Gasteiger partial charge in [0.2, 0.25) is 0 Å². The Hall–Kier alpha value is -0.650. The van der Waals surface area contributed by atoms with Crippen molar-refractivity contribution in [2.45, 2.75) is 71.1 Å². The zero-order chi connectivity index (χ0) is 17.4. The summed E-state index contributed by atoms with van der Waals surface area (Å²) in [5.41, 5.74) is -1.10. The van der Waals surface area contributed by atoms with Crippen LogP contribution in [-0.4, -0.2) is 43.3 Å². The molecule has 2 spiro atoms. The average Bonchev–Trinajstić information content (AvgIpc) is 3.25. The van der Waals surface area contributed by atoms with Crippen molar-refractivity contribution in [2.75, 3.05) is 13.2 Å². The fourth-order valence-electron chi connectivity index (χ4n) is 8.33. The van der Waals surface area contributed by atoms with Gasteiger partial charge in [-0.2, -0.15) is 0 Å². The first-order valence-corrected chi connectivity index (χ1v) is 9.91. The lowest BCUT2D eigenvalue weighted by molar-refractivity contribution is -0.204. The Labute approximate surface area is 148 Å². The van der Waals surface area contributed by atoms with Crippen molar-refractivity contribution >= 4 is 5.97 Å². The molecule has 138 valence electrons. The first-order valence-electron chi connectivity index (χ1n) is 9.91. The third-order valence-electron chi connectivity index (χ3n) is 8.79. The highest BCUT2D eigenvalue weighted by Crippen LogP contribution is 2.83. The molecule has 6 rings (SSSR count). The number of carbonyl (C=O) groups is 1. The Morgan fingerprint density at radius 1 is 1.20 bits per heavy atom. The van der Waals surface area contributed by atoms with E-state index in [1.807, 2.05) is 0 Å². The highest BCUT2D eigenvalue weighted by Gasteiger charge is 2.94. The summed E-state index contributed by atoms with van der Waals surface area (Å²) in [5.74, 6) is 0.726. The summed E-state index contributed by atoms with van der Waals surface area (Å²) in [6, 6.07) is 0. The van der Waals surface area contributed by atoms with Gasteiger partial charge in [0.15, 0.2) is 11.9 Å². The van der Waals surface area contributed by atoms with E-state index in [1.165, 1.54) is 0 Å². The molecule has 6 aliphatic rings. The van der Waals surface area contributed by atoms with Crippen molar-refractivity contribution in [3.8, 4) is 0 Å². The summed E-state index contributed by atoms with van der Waals surface area (Å²) < 4.78 is 25.1. The molecule has 0 aromatic heterocycles. The lowest BCUT2D eigenvalue weighted by Crippen LogP contribution is -2.55. The molecule has 0 aromatic carbocycles. The predicted molar refractivity (Wildman–Crippen MR) is 87.5 cm³/mol. The van der Waals surface area contributed by atoms with Crippen molar-refractivity contribution in [2.24, 2.45) is 34.0 Å². The van der Waals surface area contributed by atoms with Crippen molar-refractivity contribution in [3.05, 3.63) is 0 Å². The molecule has 0 N–H and O–H groups in total. The largest absolute Gasteiger partial charge is 0.459 e. The lowest BCUT2D eigenvalue weighted by atomic mass is 9.53. The second-order valence-electron chi connectivity index (χ2n) is 10.4. The number of fused-ring (bicyclic) bond motifs is 1. The molecule has 2 saturated carbocycles. The quantitative estimate of drug-likeness (QED) is 0.630. The number of hydrogen-bond donors (Lipinski definition) is 0. The van der Waals surface area contributed by atoms with Crippen LogP contribution in [0.1, 0.15) is 47.0 Å². The number of hydrogen-bond acceptors (Lipinski definition) is 5. The standard InChI is InChI=1S/C20H28O5/c1-10-9-23-11-8-19-13-7-12(17(2,3)4)18(19)5-6-22-16(18)25-20(19,14(10)11)15(21)24-13/h10-14,16H,5-9H2,1-4H3/t10-,11?,12+,13?,14+,16?,18?,19?,20-/m1/s1. The second kappa shape index (κ2) is 4.10. The molecular formula is C20H28O5. The minimum absolute atomic E-state index is 0.0441. The molecule has 2 aliphatic carbocycles. The monoisotopic (exact) mass is 348 g/mol. The Morgan fingerprint density at radius 3 is 2.76 bits per heavy atom. The number of ether oxygens (including phenoxy) is 4. The Bertz CT molecular complexity index is 669. The van der Waals surface area contributed by atoms with Crippen LogP contribution in [0.2, 0.25) is 0 Å². The minimum atomic E-state index is -0.844. The average molecular weight is 348 g/mol. The van der Waals surface area contributed by atoms with Crippen LogP contribution in [0.15, 0.2) is 0 Å². The second-order valence-corrected chi connectivity index (χ2v) is 10.4. The van der Waals surface area contributed by atoms with Crippen LogP contribution in [0, 0.1) is 34.0 Å². The zero-order valence-electron chi connectivity index (χ0n) is 15.5. The van der Waals surface area contributed by atoms with Gasteiger partial charge in [0.05, 0.1) is 18.1 Å². The summed E-state index contributed by atoms with van der Waals surface area (Å²) in [6.45, 7) is 10.6. The molecule has 5 nitrogen and oxygen atoms in total. The molecule has 0 amide bonds. The Balaban J connectivity index is 1.62. The molecular weight excluding hydrogens is 320 g/mol. The summed E-state index contributed by atoms with van der Waals surface area (Å²) >= 11 is 0. The normalized spacial score (nSPS) is 61.2. The Kier molecular flexibility index (Phi) is 2.53. The van der Waals surface area contributed by atoms with Gasteiger partial charge in [-0.15, -0.1) is 0 Å². The molecule has 4 heterocycles. The van der Waals surface area contributed by atoms with Gasteiger partial charge < -0.3 is 18.9 Å². The number of esters is 1. The van der Waals surface area contributed by atoms with Gasteiger partial charge in [-0.25, -0.2) is 4.79 Å². The van der Waals surface area contributed by atoms with E-state index >= 15 is 0 Å². The van der Waals surface area contributed by atoms with Crippen LogP contribution < -0.4 is 0 Å². The highest BCUT2D eigenvalue weighted by molar-refractivity contribution is 5.87. The van der Waals surface area contributed by atoms with Crippen molar-refractivity contribution in [3.63, 3.8) is 0 Å². The smallest absolute Gasteiger partial charge is 0.340 e. The van der Waals surface area contributed by atoms with Gasteiger partial charge in [0.25, 0.3) is 0 Å². The summed E-state index contributed by atoms with van der Waals surface area (Å²) in [4.78, 5) is 13.3. The number of rotatable bonds is 0. The molecule has 6 fully saturated rings. The minimum Gasteiger partial charge on any atom is -0.459 e. The molecule has 9 atom stereocenters. The maximum Gasteiger partial charge on any atom is 0.340 e. The maximum absolute atomic E-state index is 13.3. The molecule has 0 bridgehead atoms. The van der Waals surface area contributed by atoms with Crippen LogP contribution in [-0.2, 0) is 23.7 Å². The third-order valence-corrected chi connectivity index (χ3v) is 8.79. The molecule has 25 heavy (non-hydrogen) atoms. The molecule has 4 aliphatic heterocycles. The van der Waals surface area contributed by atoms with E-state index in [2.05, 4.69) is 27.7 Å². The molecule has 4 saturated heterocycles. The van der Waals surface area contributed by atoms with Crippen LogP contribution in [0.5, 0.6) is 0 Å². The van der Waals surface area contributed by atoms with E-state index in [0.29, 0.717) is 11.8 Å². The molecule has 0 radical (unpaired) electrons. The van der Waals surface area contributed by atoms with Gasteiger partial charge in [0.1, 0.15) is 6.10 Å². The van der Waals surface area contributed by atoms with Crippen LogP contribution >= 0.6 is 0 Å². The van der Waals surface area contributed by atoms with Gasteiger partial charge >= 0.3 is 5.97 Å². The topological polar surface area (TPSA) is 54.0 Å². The Morgan fingerprint density at radius 2 is 2.00 bits per heavy atom. The van der Waals surface area contributed by atoms with Crippen LogP contribution in [0.4, 0.5) is 0 Å². The fourth-order valence-corrected chi connectivity index (χ4v) is 8.33. The number of carbonyl (C=O) groups excluding carboxylic acids is 1. The predicted octanol–water partition coefficient (Wildman–Crippen LogP) is 2.52. The van der Waals surface area contributed by atoms with Crippen molar-refractivity contribution in [1.29, 1.82) is 0 Å². The van der Waals surface area contributed by atoms with Gasteiger partial charge in [-0.1, -0.05) is 27.7 Å². The first kappa shape index (κ1) is 15.4.